The molecule has 0 aliphatic heterocycles. The first-order valence-electron chi connectivity index (χ1n) is 7.39. The summed E-state index contributed by atoms with van der Waals surface area (Å²) in [5, 5.41) is 11.2. The van der Waals surface area contributed by atoms with Crippen molar-refractivity contribution in [2.75, 3.05) is 26.0 Å². The van der Waals surface area contributed by atoms with Crippen molar-refractivity contribution >= 4 is 17.7 Å². The van der Waals surface area contributed by atoms with Gasteiger partial charge in [-0.05, 0) is 43.5 Å². The minimum atomic E-state index is -0.0583. The number of hydrogen-bond donors (Lipinski definition) is 1. The van der Waals surface area contributed by atoms with Crippen LogP contribution in [0.2, 0.25) is 0 Å². The van der Waals surface area contributed by atoms with Crippen molar-refractivity contribution in [3.05, 3.63) is 29.3 Å². The van der Waals surface area contributed by atoms with Crippen LogP contribution in [0.1, 0.15) is 17.5 Å². The molecule has 1 amide bonds. The lowest BCUT2D eigenvalue weighted by Crippen LogP contribution is -2.26. The Hall–Kier alpha value is -1.86. The second-order valence-electron chi connectivity index (χ2n) is 5.16. The second-order valence-corrected chi connectivity index (χ2v) is 6.08. The standard InChI is InChI=1S/C16H21N3O3S/c1-11-5-6-13(9-12(11)2)15-18-19-16(22-15)23-10-14(20)17-7-4-8-21-3/h5-6,9H,4,7-8,10H2,1-3H3,(H,17,20). The summed E-state index contributed by atoms with van der Waals surface area (Å²) >= 11 is 1.23. The molecule has 124 valence electrons. The first-order chi connectivity index (χ1) is 11.1. The van der Waals surface area contributed by atoms with Gasteiger partial charge < -0.3 is 14.5 Å². The molecule has 1 aromatic carbocycles. The lowest BCUT2D eigenvalue weighted by molar-refractivity contribution is -0.118. The molecule has 1 aromatic heterocycles. The van der Waals surface area contributed by atoms with Gasteiger partial charge in [-0.3, -0.25) is 4.79 Å². The predicted octanol–water partition coefficient (Wildman–Crippen LogP) is 2.60. The molecule has 0 saturated heterocycles. The number of methoxy groups -OCH3 is 1. The summed E-state index contributed by atoms with van der Waals surface area (Å²) in [5.74, 6) is 0.662. The molecule has 0 aliphatic carbocycles. The Kier molecular flexibility index (Phi) is 6.61. The van der Waals surface area contributed by atoms with Gasteiger partial charge in [0, 0.05) is 25.8 Å². The molecule has 0 fully saturated rings. The van der Waals surface area contributed by atoms with E-state index in [0.29, 0.717) is 24.3 Å². The van der Waals surface area contributed by atoms with Crippen LogP contribution in [-0.4, -0.2) is 42.1 Å². The summed E-state index contributed by atoms with van der Waals surface area (Å²) in [5.41, 5.74) is 3.27. The quantitative estimate of drug-likeness (QED) is 0.590. The fourth-order valence-corrected chi connectivity index (χ4v) is 2.47. The molecular formula is C16H21N3O3S. The van der Waals surface area contributed by atoms with E-state index in [2.05, 4.69) is 22.4 Å². The van der Waals surface area contributed by atoms with Crippen LogP contribution >= 0.6 is 11.8 Å². The van der Waals surface area contributed by atoms with Crippen LogP contribution in [0.25, 0.3) is 11.5 Å². The number of aromatic nitrogens is 2. The van der Waals surface area contributed by atoms with E-state index in [4.69, 9.17) is 9.15 Å². The highest BCUT2D eigenvalue weighted by atomic mass is 32.2. The highest BCUT2D eigenvalue weighted by Gasteiger charge is 2.11. The first-order valence-corrected chi connectivity index (χ1v) is 8.38. The number of carbonyl (C=O) groups excluding carboxylic acids is 1. The molecule has 0 aliphatic rings. The smallest absolute Gasteiger partial charge is 0.277 e. The van der Waals surface area contributed by atoms with Crippen LogP contribution < -0.4 is 5.32 Å². The molecule has 23 heavy (non-hydrogen) atoms. The van der Waals surface area contributed by atoms with Crippen molar-refractivity contribution < 1.29 is 13.9 Å². The largest absolute Gasteiger partial charge is 0.411 e. The molecule has 0 saturated carbocycles. The molecule has 0 bridgehead atoms. The topological polar surface area (TPSA) is 77.2 Å². The maximum absolute atomic E-state index is 11.7. The maximum atomic E-state index is 11.7. The monoisotopic (exact) mass is 335 g/mol. The zero-order chi connectivity index (χ0) is 16.7. The van der Waals surface area contributed by atoms with Gasteiger partial charge in [-0.15, -0.1) is 10.2 Å². The molecule has 6 nitrogen and oxygen atoms in total. The number of rotatable bonds is 8. The molecule has 0 unspecified atom stereocenters. The Morgan fingerprint density at radius 3 is 2.87 bits per heavy atom. The summed E-state index contributed by atoms with van der Waals surface area (Å²) in [6.45, 7) is 5.33. The Labute approximate surface area is 140 Å². The highest BCUT2D eigenvalue weighted by molar-refractivity contribution is 7.99. The Balaban J connectivity index is 1.85. The lowest BCUT2D eigenvalue weighted by atomic mass is 10.1. The van der Waals surface area contributed by atoms with E-state index in [1.54, 1.807) is 7.11 Å². The minimum absolute atomic E-state index is 0.0583. The SMILES string of the molecule is COCCCNC(=O)CSc1nnc(-c2ccc(C)c(C)c2)o1. The average Bonchev–Trinajstić information content (AvgIpc) is 3.01. The van der Waals surface area contributed by atoms with Crippen LogP contribution in [-0.2, 0) is 9.53 Å². The number of hydrogen-bond acceptors (Lipinski definition) is 6. The fourth-order valence-electron chi connectivity index (χ4n) is 1.88. The van der Waals surface area contributed by atoms with Crippen molar-refractivity contribution in [3.8, 4) is 11.5 Å². The number of carbonyl (C=O) groups is 1. The molecule has 1 heterocycles. The zero-order valence-electron chi connectivity index (χ0n) is 13.6. The third kappa shape index (κ3) is 5.37. The van der Waals surface area contributed by atoms with Gasteiger partial charge in [-0.25, -0.2) is 0 Å². The third-order valence-electron chi connectivity index (χ3n) is 3.33. The van der Waals surface area contributed by atoms with Crippen molar-refractivity contribution in [2.45, 2.75) is 25.5 Å². The molecule has 2 aromatic rings. The maximum Gasteiger partial charge on any atom is 0.277 e. The van der Waals surface area contributed by atoms with Gasteiger partial charge in [0.15, 0.2) is 0 Å². The van der Waals surface area contributed by atoms with Crippen molar-refractivity contribution in [1.29, 1.82) is 0 Å². The van der Waals surface area contributed by atoms with Crippen molar-refractivity contribution in [3.63, 3.8) is 0 Å². The van der Waals surface area contributed by atoms with Gasteiger partial charge in [0.25, 0.3) is 5.22 Å². The summed E-state index contributed by atoms with van der Waals surface area (Å²) in [7, 11) is 1.64. The first kappa shape index (κ1) is 17.5. The fraction of sp³-hybridized carbons (Fsp3) is 0.438. The Bertz CT molecular complexity index is 658. The van der Waals surface area contributed by atoms with Gasteiger partial charge >= 0.3 is 0 Å². The molecule has 1 N–H and O–H groups in total. The zero-order valence-corrected chi connectivity index (χ0v) is 14.4. The van der Waals surface area contributed by atoms with E-state index in [1.807, 2.05) is 25.1 Å². The van der Waals surface area contributed by atoms with Crippen molar-refractivity contribution in [2.24, 2.45) is 0 Å². The number of ether oxygens (including phenoxy) is 1. The molecule has 7 heteroatoms. The van der Waals surface area contributed by atoms with Gasteiger partial charge in [0.05, 0.1) is 5.75 Å². The van der Waals surface area contributed by atoms with Crippen LogP contribution in [0, 0.1) is 13.8 Å². The Morgan fingerprint density at radius 1 is 1.30 bits per heavy atom. The highest BCUT2D eigenvalue weighted by Crippen LogP contribution is 2.24. The van der Waals surface area contributed by atoms with Crippen LogP contribution in [0.3, 0.4) is 0 Å². The summed E-state index contributed by atoms with van der Waals surface area (Å²) in [6.07, 6.45) is 0.796. The Morgan fingerprint density at radius 2 is 2.13 bits per heavy atom. The normalized spacial score (nSPS) is 10.7. The average molecular weight is 335 g/mol. The van der Waals surface area contributed by atoms with E-state index in [9.17, 15) is 4.79 Å². The number of thioether (sulfide) groups is 1. The van der Waals surface area contributed by atoms with E-state index in [1.165, 1.54) is 22.9 Å². The van der Waals surface area contributed by atoms with Gasteiger partial charge in [-0.1, -0.05) is 17.8 Å². The minimum Gasteiger partial charge on any atom is -0.411 e. The number of nitrogens with zero attached hydrogens (tertiary/aromatic N) is 2. The third-order valence-corrected chi connectivity index (χ3v) is 4.15. The van der Waals surface area contributed by atoms with Crippen LogP contribution in [0.5, 0.6) is 0 Å². The van der Waals surface area contributed by atoms with E-state index in [0.717, 1.165) is 12.0 Å². The summed E-state index contributed by atoms with van der Waals surface area (Å²) in [4.78, 5) is 11.7. The molecular weight excluding hydrogens is 314 g/mol. The molecule has 0 radical (unpaired) electrons. The summed E-state index contributed by atoms with van der Waals surface area (Å²) in [6, 6.07) is 5.99. The molecule has 0 atom stereocenters. The number of benzene rings is 1. The number of amides is 1. The van der Waals surface area contributed by atoms with Gasteiger partial charge in [0.2, 0.25) is 11.8 Å². The van der Waals surface area contributed by atoms with E-state index >= 15 is 0 Å². The lowest BCUT2D eigenvalue weighted by Gasteiger charge is -2.03. The summed E-state index contributed by atoms with van der Waals surface area (Å²) < 4.78 is 10.5. The second kappa shape index (κ2) is 8.69. The number of aryl methyl sites for hydroxylation is 2. The van der Waals surface area contributed by atoms with Crippen molar-refractivity contribution in [1.82, 2.24) is 15.5 Å². The predicted molar refractivity (Wildman–Crippen MR) is 89.4 cm³/mol. The molecule has 2 rings (SSSR count). The van der Waals surface area contributed by atoms with Crippen LogP contribution in [0.15, 0.2) is 27.8 Å². The van der Waals surface area contributed by atoms with Gasteiger partial charge in [-0.2, -0.15) is 0 Å². The molecule has 0 spiro atoms. The van der Waals surface area contributed by atoms with E-state index < -0.39 is 0 Å². The van der Waals surface area contributed by atoms with E-state index in [-0.39, 0.29) is 11.7 Å². The number of nitrogens with one attached hydrogen (secondary N) is 1. The van der Waals surface area contributed by atoms with Gasteiger partial charge in [0.1, 0.15) is 0 Å². The van der Waals surface area contributed by atoms with Crippen LogP contribution in [0.4, 0.5) is 0 Å².